The monoisotopic (exact) mass is 364 g/mol. The van der Waals surface area contributed by atoms with Gasteiger partial charge < -0.3 is 10.1 Å². The van der Waals surface area contributed by atoms with Crippen LogP contribution in [0.25, 0.3) is 0 Å². The first-order chi connectivity index (χ1) is 11.5. The SMILES string of the molecule is COc1cccc(N[C@@H]2CC(=O)N(c3ccc(Cl)cc3Cl)C2=O)c1. The van der Waals surface area contributed by atoms with E-state index in [9.17, 15) is 9.59 Å². The summed E-state index contributed by atoms with van der Waals surface area (Å²) in [7, 11) is 1.56. The molecule has 0 unspecified atom stereocenters. The third-order valence-corrected chi connectivity index (χ3v) is 4.25. The lowest BCUT2D eigenvalue weighted by molar-refractivity contribution is -0.121. The quantitative estimate of drug-likeness (QED) is 0.839. The third-order valence-electron chi connectivity index (χ3n) is 3.71. The summed E-state index contributed by atoms with van der Waals surface area (Å²) in [6.45, 7) is 0. The second-order valence-electron chi connectivity index (χ2n) is 5.30. The van der Waals surface area contributed by atoms with Crippen LogP contribution in [0, 0.1) is 0 Å². The predicted octanol–water partition coefficient (Wildman–Crippen LogP) is 3.75. The number of methoxy groups -OCH3 is 1. The van der Waals surface area contributed by atoms with E-state index in [1.165, 1.54) is 6.07 Å². The van der Waals surface area contributed by atoms with E-state index in [1.807, 2.05) is 0 Å². The second kappa shape index (κ2) is 6.71. The molecular formula is C17H14Cl2N2O3. The number of carbonyl (C=O) groups is 2. The summed E-state index contributed by atoms with van der Waals surface area (Å²) in [5.41, 5.74) is 1.04. The van der Waals surface area contributed by atoms with Gasteiger partial charge in [-0.1, -0.05) is 29.3 Å². The van der Waals surface area contributed by atoms with Crippen LogP contribution >= 0.6 is 23.2 Å². The molecule has 1 saturated heterocycles. The molecule has 0 aromatic heterocycles. The molecular weight excluding hydrogens is 351 g/mol. The first-order valence-corrected chi connectivity index (χ1v) is 7.97. The maximum atomic E-state index is 12.6. The van der Waals surface area contributed by atoms with E-state index in [0.29, 0.717) is 22.1 Å². The highest BCUT2D eigenvalue weighted by Gasteiger charge is 2.40. The highest BCUT2D eigenvalue weighted by Crippen LogP contribution is 2.33. The first kappa shape index (κ1) is 16.6. The molecule has 124 valence electrons. The van der Waals surface area contributed by atoms with Crippen molar-refractivity contribution in [3.63, 3.8) is 0 Å². The number of benzene rings is 2. The van der Waals surface area contributed by atoms with Gasteiger partial charge in [-0.2, -0.15) is 0 Å². The van der Waals surface area contributed by atoms with Gasteiger partial charge in [0, 0.05) is 16.8 Å². The fraction of sp³-hybridized carbons (Fsp3) is 0.176. The van der Waals surface area contributed by atoms with Crippen molar-refractivity contribution in [3.05, 3.63) is 52.5 Å². The summed E-state index contributed by atoms with van der Waals surface area (Å²) in [5, 5.41) is 3.76. The van der Waals surface area contributed by atoms with E-state index in [-0.39, 0.29) is 23.3 Å². The number of hydrogen-bond acceptors (Lipinski definition) is 4. The van der Waals surface area contributed by atoms with Crippen molar-refractivity contribution in [1.82, 2.24) is 0 Å². The molecule has 7 heteroatoms. The summed E-state index contributed by atoms with van der Waals surface area (Å²) in [6.07, 6.45) is 0.0506. The summed E-state index contributed by atoms with van der Waals surface area (Å²) in [6, 6.07) is 11.2. The van der Waals surface area contributed by atoms with E-state index in [4.69, 9.17) is 27.9 Å². The second-order valence-corrected chi connectivity index (χ2v) is 6.14. The lowest BCUT2D eigenvalue weighted by Crippen LogP contribution is -2.35. The zero-order valence-corrected chi connectivity index (χ0v) is 14.3. The Hall–Kier alpha value is -2.24. The molecule has 1 N–H and O–H groups in total. The van der Waals surface area contributed by atoms with E-state index in [2.05, 4.69) is 5.32 Å². The van der Waals surface area contributed by atoms with Gasteiger partial charge in [-0.15, -0.1) is 0 Å². The Bertz CT molecular complexity index is 810. The minimum Gasteiger partial charge on any atom is -0.497 e. The van der Waals surface area contributed by atoms with Gasteiger partial charge in [0.25, 0.3) is 5.91 Å². The fourth-order valence-corrected chi connectivity index (χ4v) is 3.07. The Labute approximate surface area is 149 Å². The molecule has 1 heterocycles. The summed E-state index contributed by atoms with van der Waals surface area (Å²) in [4.78, 5) is 26.0. The van der Waals surface area contributed by atoms with E-state index in [1.54, 1.807) is 43.5 Å². The molecule has 0 radical (unpaired) electrons. The molecule has 2 amide bonds. The average molecular weight is 365 g/mol. The number of nitrogens with one attached hydrogen (secondary N) is 1. The van der Waals surface area contributed by atoms with Crippen molar-refractivity contribution in [1.29, 1.82) is 0 Å². The third kappa shape index (κ3) is 3.18. The van der Waals surface area contributed by atoms with Crippen LogP contribution in [0.5, 0.6) is 5.75 Å². The molecule has 0 spiro atoms. The molecule has 1 atom stereocenters. The standard InChI is InChI=1S/C17H14Cl2N2O3/c1-24-12-4-2-3-11(8-12)20-14-9-16(22)21(17(14)23)15-6-5-10(18)7-13(15)19/h2-8,14,20H,9H2,1H3/t14-/m1/s1. The molecule has 1 aliphatic rings. The Kier molecular flexibility index (Phi) is 4.64. The highest BCUT2D eigenvalue weighted by molar-refractivity contribution is 6.38. The maximum absolute atomic E-state index is 12.6. The topological polar surface area (TPSA) is 58.6 Å². The number of amides is 2. The number of ether oxygens (including phenoxy) is 1. The van der Waals surface area contributed by atoms with Gasteiger partial charge in [-0.05, 0) is 30.3 Å². The molecule has 5 nitrogen and oxygen atoms in total. The summed E-state index contributed by atoms with van der Waals surface area (Å²) >= 11 is 12.0. The summed E-state index contributed by atoms with van der Waals surface area (Å²) in [5.74, 6) is -0.00830. The number of hydrogen-bond donors (Lipinski definition) is 1. The largest absolute Gasteiger partial charge is 0.497 e. The Morgan fingerprint density at radius 1 is 1.17 bits per heavy atom. The minimum atomic E-state index is -0.656. The van der Waals surface area contributed by atoms with Crippen LogP contribution in [0.4, 0.5) is 11.4 Å². The number of nitrogens with zero attached hydrogens (tertiary/aromatic N) is 1. The average Bonchev–Trinajstić information content (AvgIpc) is 2.82. The van der Waals surface area contributed by atoms with Gasteiger partial charge in [0.15, 0.2) is 0 Å². The van der Waals surface area contributed by atoms with Crippen molar-refractivity contribution >= 4 is 46.4 Å². The minimum absolute atomic E-state index is 0.0506. The van der Waals surface area contributed by atoms with Crippen molar-refractivity contribution in [2.24, 2.45) is 0 Å². The zero-order chi connectivity index (χ0) is 17.3. The maximum Gasteiger partial charge on any atom is 0.256 e. The number of rotatable bonds is 4. The molecule has 2 aromatic rings. The lowest BCUT2D eigenvalue weighted by atomic mass is 10.2. The van der Waals surface area contributed by atoms with Gasteiger partial charge in [-0.3, -0.25) is 9.59 Å². The Morgan fingerprint density at radius 2 is 1.96 bits per heavy atom. The Balaban J connectivity index is 1.83. The van der Waals surface area contributed by atoms with Gasteiger partial charge in [-0.25, -0.2) is 4.90 Å². The van der Waals surface area contributed by atoms with E-state index in [0.717, 1.165) is 4.90 Å². The molecule has 3 rings (SSSR count). The zero-order valence-electron chi connectivity index (χ0n) is 12.8. The number of imide groups is 1. The van der Waals surface area contributed by atoms with Gasteiger partial charge >= 0.3 is 0 Å². The fourth-order valence-electron chi connectivity index (χ4n) is 2.57. The number of halogens is 2. The van der Waals surface area contributed by atoms with E-state index >= 15 is 0 Å². The van der Waals surface area contributed by atoms with Crippen LogP contribution in [0.2, 0.25) is 10.0 Å². The molecule has 0 saturated carbocycles. The van der Waals surface area contributed by atoms with Crippen molar-refractivity contribution < 1.29 is 14.3 Å². The van der Waals surface area contributed by atoms with Crippen LogP contribution in [0.3, 0.4) is 0 Å². The van der Waals surface area contributed by atoms with Crippen molar-refractivity contribution in [2.75, 3.05) is 17.3 Å². The molecule has 1 aliphatic heterocycles. The van der Waals surface area contributed by atoms with Crippen molar-refractivity contribution in [3.8, 4) is 5.75 Å². The predicted molar refractivity (Wildman–Crippen MR) is 94.0 cm³/mol. The van der Waals surface area contributed by atoms with Gasteiger partial charge in [0.2, 0.25) is 5.91 Å². The molecule has 0 bridgehead atoms. The normalized spacial score (nSPS) is 17.3. The van der Waals surface area contributed by atoms with E-state index < -0.39 is 6.04 Å². The number of anilines is 2. The summed E-state index contributed by atoms with van der Waals surface area (Å²) < 4.78 is 5.15. The smallest absolute Gasteiger partial charge is 0.256 e. The first-order valence-electron chi connectivity index (χ1n) is 7.22. The van der Waals surface area contributed by atoms with Crippen LogP contribution in [-0.4, -0.2) is 25.0 Å². The van der Waals surface area contributed by atoms with Gasteiger partial charge in [0.05, 0.1) is 24.2 Å². The van der Waals surface area contributed by atoms with Crippen LogP contribution in [0.1, 0.15) is 6.42 Å². The Morgan fingerprint density at radius 3 is 2.67 bits per heavy atom. The molecule has 0 aliphatic carbocycles. The van der Waals surface area contributed by atoms with Crippen LogP contribution < -0.4 is 15.0 Å². The molecule has 1 fully saturated rings. The number of carbonyl (C=O) groups excluding carboxylic acids is 2. The molecule has 2 aromatic carbocycles. The lowest BCUT2D eigenvalue weighted by Gasteiger charge is -2.17. The van der Waals surface area contributed by atoms with Crippen molar-refractivity contribution in [2.45, 2.75) is 12.5 Å². The van der Waals surface area contributed by atoms with Crippen LogP contribution in [-0.2, 0) is 9.59 Å². The van der Waals surface area contributed by atoms with Crippen LogP contribution in [0.15, 0.2) is 42.5 Å². The van der Waals surface area contributed by atoms with Gasteiger partial charge in [0.1, 0.15) is 11.8 Å². The molecule has 24 heavy (non-hydrogen) atoms. The highest BCUT2D eigenvalue weighted by atomic mass is 35.5.